The minimum absolute atomic E-state index is 0.106. The van der Waals surface area contributed by atoms with Crippen LogP contribution in [0.15, 0.2) is 42.0 Å². The molecule has 6 heteroatoms. The molecule has 0 fully saturated rings. The molecule has 0 unspecified atom stereocenters. The lowest BCUT2D eigenvalue weighted by Gasteiger charge is -2.34. The minimum atomic E-state index is -0.989. The van der Waals surface area contributed by atoms with Crippen LogP contribution in [0.25, 0.3) is 0 Å². The zero-order valence-electron chi connectivity index (χ0n) is 19.1. The van der Waals surface area contributed by atoms with Crippen molar-refractivity contribution in [3.8, 4) is 17.2 Å². The van der Waals surface area contributed by atoms with Gasteiger partial charge in [0.05, 0.1) is 19.4 Å². The Balaban J connectivity index is 2.41. The zero-order valence-corrected chi connectivity index (χ0v) is 19.1. The normalized spacial score (nSPS) is 18.3. The predicted octanol–water partition coefficient (Wildman–Crippen LogP) is 5.12. The van der Waals surface area contributed by atoms with Crippen LogP contribution in [0.5, 0.6) is 17.2 Å². The number of carbonyl (C=O) groups is 2. The third-order valence-corrected chi connectivity index (χ3v) is 6.03. The number of ether oxygens (including phenoxy) is 2. The second kappa shape index (κ2) is 9.47. The molecule has 1 aliphatic heterocycles. The summed E-state index contributed by atoms with van der Waals surface area (Å²) in [5.41, 5.74) is 2.84. The van der Waals surface area contributed by atoms with Gasteiger partial charge in [0.25, 0.3) is 0 Å². The van der Waals surface area contributed by atoms with E-state index < -0.39 is 23.9 Å². The van der Waals surface area contributed by atoms with Crippen LogP contribution in [0.1, 0.15) is 67.1 Å². The van der Waals surface area contributed by atoms with Crippen molar-refractivity contribution in [3.05, 3.63) is 64.2 Å². The molecule has 32 heavy (non-hydrogen) atoms. The highest BCUT2D eigenvalue weighted by atomic mass is 16.5. The molecule has 0 radical (unpaired) electrons. The van der Waals surface area contributed by atoms with Gasteiger partial charge >= 0.3 is 5.97 Å². The van der Waals surface area contributed by atoms with Gasteiger partial charge in [-0.05, 0) is 32.8 Å². The lowest BCUT2D eigenvalue weighted by molar-refractivity contribution is -0.137. The van der Waals surface area contributed by atoms with Gasteiger partial charge in [0.1, 0.15) is 28.9 Å². The molecule has 3 rings (SSSR count). The number of fused-ring (bicyclic) bond motifs is 1. The number of methoxy groups -OCH3 is 1. The summed E-state index contributed by atoms with van der Waals surface area (Å²) in [6.07, 6.45) is 1.62. The molecule has 0 saturated carbocycles. The number of aromatic hydroxyl groups is 1. The fraction of sp³-hybridized carbons (Fsp3) is 0.385. The van der Waals surface area contributed by atoms with E-state index in [4.69, 9.17) is 9.47 Å². The van der Waals surface area contributed by atoms with Gasteiger partial charge in [-0.25, -0.2) is 0 Å². The molecular weight excluding hydrogens is 408 g/mol. The molecule has 0 aliphatic carbocycles. The molecule has 0 saturated heterocycles. The summed E-state index contributed by atoms with van der Waals surface area (Å²) in [4.78, 5) is 25.1. The van der Waals surface area contributed by atoms with E-state index in [9.17, 15) is 19.8 Å². The Morgan fingerprint density at radius 3 is 2.44 bits per heavy atom. The number of ketones is 1. The van der Waals surface area contributed by atoms with Crippen LogP contribution < -0.4 is 9.47 Å². The molecule has 0 aromatic heterocycles. The Labute approximate surface area is 188 Å². The smallest absolute Gasteiger partial charge is 0.304 e. The number of aliphatic carboxylic acids is 1. The summed E-state index contributed by atoms with van der Waals surface area (Å²) >= 11 is 0. The van der Waals surface area contributed by atoms with E-state index in [1.165, 1.54) is 7.11 Å². The predicted molar refractivity (Wildman–Crippen MR) is 122 cm³/mol. The fourth-order valence-corrected chi connectivity index (χ4v) is 4.14. The van der Waals surface area contributed by atoms with Crippen molar-refractivity contribution in [2.45, 2.75) is 52.6 Å². The summed E-state index contributed by atoms with van der Waals surface area (Å²) < 4.78 is 11.9. The Hall–Kier alpha value is -3.28. The van der Waals surface area contributed by atoms with E-state index in [2.05, 4.69) is 0 Å². The summed E-state index contributed by atoms with van der Waals surface area (Å²) in [6, 6.07) is 9.22. The Bertz CT molecular complexity index is 1050. The van der Waals surface area contributed by atoms with E-state index in [1.54, 1.807) is 13.8 Å². The molecule has 1 heterocycles. The lowest BCUT2D eigenvalue weighted by atomic mass is 9.80. The first-order valence-electron chi connectivity index (χ1n) is 10.7. The fourth-order valence-electron chi connectivity index (χ4n) is 4.14. The molecule has 6 nitrogen and oxygen atoms in total. The average Bonchev–Trinajstić information content (AvgIpc) is 2.75. The second-order valence-electron chi connectivity index (χ2n) is 8.50. The molecule has 2 N–H and O–H groups in total. The SMILES string of the molecule is COc1c(CC=C(C)C)c(O)c2c(c1[C@@H](CC(=O)O)c1ccccc1)O[C@H](C)[C@H](C)C2=O. The first-order valence-corrected chi connectivity index (χ1v) is 10.7. The maximum absolute atomic E-state index is 13.3. The van der Waals surface area contributed by atoms with Crippen molar-refractivity contribution in [1.29, 1.82) is 0 Å². The highest BCUT2D eigenvalue weighted by Crippen LogP contribution is 2.52. The quantitative estimate of drug-likeness (QED) is 0.583. The topological polar surface area (TPSA) is 93.1 Å². The number of hydrogen-bond acceptors (Lipinski definition) is 5. The Morgan fingerprint density at radius 1 is 1.22 bits per heavy atom. The van der Waals surface area contributed by atoms with Crippen LogP contribution in [0.3, 0.4) is 0 Å². The highest BCUT2D eigenvalue weighted by molar-refractivity contribution is 6.05. The highest BCUT2D eigenvalue weighted by Gasteiger charge is 2.40. The summed E-state index contributed by atoms with van der Waals surface area (Å²) in [6.45, 7) is 7.45. The lowest BCUT2D eigenvalue weighted by Crippen LogP contribution is -2.35. The number of carboxylic acid groups (broad SMARTS) is 1. The number of carbonyl (C=O) groups excluding carboxylic acids is 1. The van der Waals surface area contributed by atoms with E-state index in [0.717, 1.165) is 11.1 Å². The minimum Gasteiger partial charge on any atom is -0.507 e. The van der Waals surface area contributed by atoms with Crippen molar-refractivity contribution in [3.63, 3.8) is 0 Å². The maximum Gasteiger partial charge on any atom is 0.304 e. The second-order valence-corrected chi connectivity index (χ2v) is 8.50. The van der Waals surface area contributed by atoms with Crippen LogP contribution in [0.4, 0.5) is 0 Å². The van der Waals surface area contributed by atoms with Crippen molar-refractivity contribution in [2.75, 3.05) is 7.11 Å². The number of Topliss-reactive ketones (excluding diaryl/α,β-unsaturated/α-hetero) is 1. The van der Waals surface area contributed by atoms with Gasteiger partial charge in [-0.1, -0.05) is 48.9 Å². The monoisotopic (exact) mass is 438 g/mol. The molecule has 170 valence electrons. The Kier molecular flexibility index (Phi) is 6.92. The average molecular weight is 439 g/mol. The molecule has 2 aromatic rings. The Morgan fingerprint density at radius 2 is 1.88 bits per heavy atom. The molecule has 2 aromatic carbocycles. The van der Waals surface area contributed by atoms with E-state index in [1.807, 2.05) is 50.3 Å². The van der Waals surface area contributed by atoms with Crippen molar-refractivity contribution in [1.82, 2.24) is 0 Å². The van der Waals surface area contributed by atoms with Crippen LogP contribution in [-0.2, 0) is 11.2 Å². The first-order chi connectivity index (χ1) is 15.2. The number of rotatable bonds is 7. The van der Waals surface area contributed by atoms with Gasteiger partial charge < -0.3 is 19.7 Å². The maximum atomic E-state index is 13.3. The van der Waals surface area contributed by atoms with Gasteiger partial charge in [0, 0.05) is 17.0 Å². The number of phenolic OH excluding ortho intramolecular Hbond substituents is 1. The number of benzene rings is 2. The van der Waals surface area contributed by atoms with Crippen molar-refractivity contribution < 1.29 is 29.3 Å². The third-order valence-electron chi connectivity index (χ3n) is 6.03. The summed E-state index contributed by atoms with van der Waals surface area (Å²) in [7, 11) is 1.48. The molecule has 0 amide bonds. The van der Waals surface area contributed by atoms with Crippen LogP contribution in [-0.4, -0.2) is 35.2 Å². The van der Waals surface area contributed by atoms with Gasteiger partial charge in [0.2, 0.25) is 0 Å². The number of hydrogen-bond donors (Lipinski definition) is 2. The summed E-state index contributed by atoms with van der Waals surface area (Å²) in [5.74, 6) is -1.88. The van der Waals surface area contributed by atoms with E-state index in [-0.39, 0.29) is 29.3 Å². The molecular formula is C26H30O6. The van der Waals surface area contributed by atoms with Gasteiger partial charge in [-0.2, -0.15) is 0 Å². The first kappa shape index (κ1) is 23.4. The van der Waals surface area contributed by atoms with Crippen LogP contribution in [0.2, 0.25) is 0 Å². The van der Waals surface area contributed by atoms with Crippen molar-refractivity contribution >= 4 is 11.8 Å². The number of phenols is 1. The molecule has 3 atom stereocenters. The number of allylic oxidation sites excluding steroid dienone is 2. The molecule has 0 bridgehead atoms. The van der Waals surface area contributed by atoms with Crippen LogP contribution in [0, 0.1) is 5.92 Å². The van der Waals surface area contributed by atoms with E-state index in [0.29, 0.717) is 23.3 Å². The zero-order chi connectivity index (χ0) is 23.6. The number of carboxylic acids is 1. The van der Waals surface area contributed by atoms with Crippen LogP contribution >= 0.6 is 0 Å². The third kappa shape index (κ3) is 4.35. The standard InChI is InChI=1S/C26H30O6/c1-14(2)11-12-18-24(30)22-23(29)15(3)16(4)32-26(22)21(25(18)31-5)19(13-20(27)28)17-9-7-6-8-10-17/h6-11,15-16,19,30H,12-13H2,1-5H3,(H,27,28)/t15-,16+,19-/m0/s1. The molecule has 1 aliphatic rings. The van der Waals surface area contributed by atoms with E-state index >= 15 is 0 Å². The van der Waals surface area contributed by atoms with Gasteiger partial charge in [0.15, 0.2) is 5.78 Å². The van der Waals surface area contributed by atoms with Gasteiger partial charge in [-0.3, -0.25) is 9.59 Å². The van der Waals surface area contributed by atoms with Crippen molar-refractivity contribution in [2.24, 2.45) is 5.92 Å². The van der Waals surface area contributed by atoms with Gasteiger partial charge in [-0.15, -0.1) is 0 Å². The molecule has 0 spiro atoms. The largest absolute Gasteiger partial charge is 0.507 e. The summed E-state index contributed by atoms with van der Waals surface area (Å²) in [5, 5.41) is 20.9.